The van der Waals surface area contributed by atoms with Crippen molar-refractivity contribution in [1.29, 1.82) is 0 Å². The second kappa shape index (κ2) is 7.11. The fourth-order valence-electron chi connectivity index (χ4n) is 2.44. The Morgan fingerprint density at radius 1 is 1.24 bits per heavy atom. The number of benzene rings is 1. The molecule has 0 radical (unpaired) electrons. The normalized spacial score (nSPS) is 11.1. The first-order valence-corrected chi connectivity index (χ1v) is 8.44. The highest BCUT2D eigenvalue weighted by Crippen LogP contribution is 2.21. The van der Waals surface area contributed by atoms with Crippen molar-refractivity contribution in [3.05, 3.63) is 52.9 Å². The third kappa shape index (κ3) is 3.74. The van der Waals surface area contributed by atoms with Gasteiger partial charge in [-0.05, 0) is 49.2 Å². The number of H-pyrrole nitrogens is 1. The van der Waals surface area contributed by atoms with E-state index in [-0.39, 0.29) is 17.2 Å². The molecule has 130 valence electrons. The Morgan fingerprint density at radius 2 is 1.96 bits per heavy atom. The maximum Gasteiger partial charge on any atom is 0.253 e. The van der Waals surface area contributed by atoms with E-state index in [0.717, 1.165) is 10.9 Å². The van der Waals surface area contributed by atoms with E-state index in [2.05, 4.69) is 20.3 Å². The summed E-state index contributed by atoms with van der Waals surface area (Å²) in [5.74, 6) is 0.696. The van der Waals surface area contributed by atoms with Crippen molar-refractivity contribution in [2.75, 3.05) is 12.4 Å². The van der Waals surface area contributed by atoms with Crippen LogP contribution in [0.5, 0.6) is 0 Å². The molecule has 0 unspecified atom stereocenters. The lowest BCUT2D eigenvalue weighted by molar-refractivity contribution is 0.0755. The molecule has 0 aliphatic rings. The van der Waals surface area contributed by atoms with Crippen LogP contribution in [-0.2, 0) is 6.54 Å². The van der Waals surface area contributed by atoms with Crippen molar-refractivity contribution >= 4 is 34.4 Å². The van der Waals surface area contributed by atoms with Crippen LogP contribution in [0, 0.1) is 0 Å². The van der Waals surface area contributed by atoms with Gasteiger partial charge in [0, 0.05) is 31.4 Å². The van der Waals surface area contributed by atoms with E-state index >= 15 is 0 Å². The van der Waals surface area contributed by atoms with Crippen LogP contribution in [-0.4, -0.2) is 38.8 Å². The molecule has 25 heavy (non-hydrogen) atoms. The molecule has 0 atom stereocenters. The first-order chi connectivity index (χ1) is 12.0. The first-order valence-electron chi connectivity index (χ1n) is 8.06. The van der Waals surface area contributed by atoms with Gasteiger partial charge in [-0.2, -0.15) is 4.98 Å². The van der Waals surface area contributed by atoms with Gasteiger partial charge >= 0.3 is 0 Å². The number of rotatable bonds is 5. The number of fused-ring (bicyclic) bond motifs is 1. The van der Waals surface area contributed by atoms with E-state index in [0.29, 0.717) is 23.6 Å². The second-order valence-corrected chi connectivity index (χ2v) is 6.48. The SMILES string of the molecule is CC(C)N(C)C(=O)c1ccc(CNc2nc(Cl)nc3[nH]ccc23)cc1. The molecule has 0 spiro atoms. The summed E-state index contributed by atoms with van der Waals surface area (Å²) in [6.45, 7) is 4.55. The second-order valence-electron chi connectivity index (χ2n) is 6.14. The lowest BCUT2D eigenvalue weighted by Gasteiger charge is -2.21. The predicted molar refractivity (Wildman–Crippen MR) is 99.9 cm³/mol. The number of carbonyl (C=O) groups is 1. The van der Waals surface area contributed by atoms with Crippen molar-refractivity contribution < 1.29 is 4.79 Å². The molecule has 0 aliphatic carbocycles. The summed E-state index contributed by atoms with van der Waals surface area (Å²) in [7, 11) is 1.81. The molecule has 2 aromatic heterocycles. The quantitative estimate of drug-likeness (QED) is 0.683. The Bertz CT molecular complexity index is 888. The lowest BCUT2D eigenvalue weighted by Crippen LogP contribution is -2.32. The van der Waals surface area contributed by atoms with Gasteiger partial charge < -0.3 is 15.2 Å². The molecule has 2 N–H and O–H groups in total. The highest BCUT2D eigenvalue weighted by atomic mass is 35.5. The number of hydrogen-bond donors (Lipinski definition) is 2. The summed E-state index contributed by atoms with van der Waals surface area (Å²) in [5.41, 5.74) is 2.42. The molecule has 0 saturated heterocycles. The van der Waals surface area contributed by atoms with Gasteiger partial charge in [0.25, 0.3) is 5.91 Å². The topological polar surface area (TPSA) is 73.9 Å². The standard InChI is InChI=1S/C18H20ClN5O/c1-11(2)24(3)17(25)13-6-4-12(5-7-13)10-21-16-14-8-9-20-15(14)22-18(19)23-16/h4-9,11H,10H2,1-3H3,(H2,20,21,22,23). The van der Waals surface area contributed by atoms with Crippen LogP contribution in [0.15, 0.2) is 36.5 Å². The average molecular weight is 358 g/mol. The highest BCUT2D eigenvalue weighted by molar-refractivity contribution is 6.28. The summed E-state index contributed by atoms with van der Waals surface area (Å²) < 4.78 is 0. The Morgan fingerprint density at radius 3 is 2.64 bits per heavy atom. The van der Waals surface area contributed by atoms with Crippen molar-refractivity contribution in [1.82, 2.24) is 19.9 Å². The average Bonchev–Trinajstić information content (AvgIpc) is 3.07. The molecule has 2 heterocycles. The Kier molecular flexibility index (Phi) is 4.90. The van der Waals surface area contributed by atoms with Gasteiger partial charge in [-0.15, -0.1) is 0 Å². The van der Waals surface area contributed by atoms with Crippen LogP contribution in [0.3, 0.4) is 0 Å². The van der Waals surface area contributed by atoms with E-state index in [9.17, 15) is 4.79 Å². The van der Waals surface area contributed by atoms with Gasteiger partial charge in [-0.1, -0.05) is 12.1 Å². The fraction of sp³-hybridized carbons (Fsp3) is 0.278. The Balaban J connectivity index is 1.71. The van der Waals surface area contributed by atoms with E-state index in [1.54, 1.807) is 11.1 Å². The lowest BCUT2D eigenvalue weighted by atomic mass is 10.1. The number of hydrogen-bond acceptors (Lipinski definition) is 4. The summed E-state index contributed by atoms with van der Waals surface area (Å²) in [4.78, 5) is 25.4. The number of nitrogens with one attached hydrogen (secondary N) is 2. The van der Waals surface area contributed by atoms with Crippen LogP contribution in [0.4, 0.5) is 5.82 Å². The van der Waals surface area contributed by atoms with E-state index < -0.39 is 0 Å². The van der Waals surface area contributed by atoms with Gasteiger partial charge in [-0.25, -0.2) is 4.98 Å². The van der Waals surface area contributed by atoms with Crippen LogP contribution in [0.1, 0.15) is 29.8 Å². The minimum Gasteiger partial charge on any atom is -0.365 e. The molecule has 0 aliphatic heterocycles. The summed E-state index contributed by atoms with van der Waals surface area (Å²) in [6, 6.07) is 9.63. The monoisotopic (exact) mass is 357 g/mol. The molecule has 3 aromatic rings. The number of carbonyl (C=O) groups excluding carboxylic acids is 1. The van der Waals surface area contributed by atoms with Crippen LogP contribution >= 0.6 is 11.6 Å². The number of nitrogens with zero attached hydrogens (tertiary/aromatic N) is 3. The maximum atomic E-state index is 12.3. The van der Waals surface area contributed by atoms with Crippen LogP contribution in [0.25, 0.3) is 11.0 Å². The Labute approximate surface area is 151 Å². The number of anilines is 1. The molecule has 3 rings (SSSR count). The number of aromatic amines is 1. The summed E-state index contributed by atoms with van der Waals surface area (Å²) >= 11 is 5.95. The molecule has 0 fully saturated rings. The smallest absolute Gasteiger partial charge is 0.253 e. The van der Waals surface area contributed by atoms with Gasteiger partial charge in [0.05, 0.1) is 5.39 Å². The molecule has 7 heteroatoms. The van der Waals surface area contributed by atoms with Crippen molar-refractivity contribution in [3.8, 4) is 0 Å². The van der Waals surface area contributed by atoms with Crippen molar-refractivity contribution in [2.24, 2.45) is 0 Å². The first kappa shape index (κ1) is 17.2. The van der Waals surface area contributed by atoms with Crippen LogP contribution < -0.4 is 5.32 Å². The molecule has 1 aromatic carbocycles. The molecular weight excluding hydrogens is 338 g/mol. The predicted octanol–water partition coefficient (Wildman–Crippen LogP) is 3.70. The third-order valence-corrected chi connectivity index (χ3v) is 4.31. The van der Waals surface area contributed by atoms with Crippen molar-refractivity contribution in [3.63, 3.8) is 0 Å². The molecule has 6 nitrogen and oxygen atoms in total. The van der Waals surface area contributed by atoms with Gasteiger partial charge in [-0.3, -0.25) is 4.79 Å². The highest BCUT2D eigenvalue weighted by Gasteiger charge is 2.14. The molecular formula is C18H20ClN5O. The van der Waals surface area contributed by atoms with Gasteiger partial charge in [0.1, 0.15) is 11.5 Å². The third-order valence-electron chi connectivity index (χ3n) is 4.14. The number of halogens is 1. The zero-order chi connectivity index (χ0) is 18.0. The van der Waals surface area contributed by atoms with Gasteiger partial charge in [0.2, 0.25) is 5.28 Å². The van der Waals surface area contributed by atoms with Crippen molar-refractivity contribution in [2.45, 2.75) is 26.4 Å². The minimum absolute atomic E-state index is 0.0196. The van der Waals surface area contributed by atoms with Gasteiger partial charge in [0.15, 0.2) is 0 Å². The zero-order valence-corrected chi connectivity index (χ0v) is 15.1. The van der Waals surface area contributed by atoms with E-state index in [1.165, 1.54) is 0 Å². The fourth-order valence-corrected chi connectivity index (χ4v) is 2.61. The zero-order valence-electron chi connectivity index (χ0n) is 14.4. The summed E-state index contributed by atoms with van der Waals surface area (Å²) in [5, 5.41) is 4.34. The summed E-state index contributed by atoms with van der Waals surface area (Å²) in [6.07, 6.45) is 1.80. The largest absolute Gasteiger partial charge is 0.365 e. The minimum atomic E-state index is 0.0196. The van der Waals surface area contributed by atoms with E-state index in [1.807, 2.05) is 51.2 Å². The van der Waals surface area contributed by atoms with Crippen LogP contribution in [0.2, 0.25) is 5.28 Å². The maximum absolute atomic E-state index is 12.3. The molecule has 1 amide bonds. The molecule has 0 bridgehead atoms. The molecule has 0 saturated carbocycles. The number of amides is 1. The van der Waals surface area contributed by atoms with E-state index in [4.69, 9.17) is 11.6 Å². The Hall–Kier alpha value is -2.60. The number of aromatic nitrogens is 3.